The van der Waals surface area contributed by atoms with E-state index in [2.05, 4.69) is 0 Å². The molecule has 2 N–H and O–H groups in total. The molecule has 0 saturated carbocycles. The van der Waals surface area contributed by atoms with Crippen LogP contribution in [0.1, 0.15) is 6.42 Å². The third kappa shape index (κ3) is 1.73. The summed E-state index contributed by atoms with van der Waals surface area (Å²) in [5.74, 6) is -3.33. The zero-order valence-electron chi connectivity index (χ0n) is 6.28. The van der Waals surface area contributed by atoms with Gasteiger partial charge in [-0.1, -0.05) is 0 Å². The molecule has 0 radical (unpaired) electrons. The predicted octanol–water partition coefficient (Wildman–Crippen LogP) is -0.428. The van der Waals surface area contributed by atoms with Gasteiger partial charge >= 0.3 is 5.76 Å². The van der Waals surface area contributed by atoms with Gasteiger partial charge in [-0.2, -0.15) is 13.1 Å². The first-order valence-corrected chi connectivity index (χ1v) is 4.97. The van der Waals surface area contributed by atoms with Crippen LogP contribution < -0.4 is 5.73 Å². The normalized spacial score (nSPS) is 26.8. The van der Waals surface area contributed by atoms with Crippen molar-refractivity contribution in [1.29, 1.82) is 0 Å². The molecule has 1 heterocycles. The second-order valence-electron chi connectivity index (χ2n) is 2.71. The zero-order valence-corrected chi connectivity index (χ0v) is 7.10. The quantitative estimate of drug-likeness (QED) is 0.658. The van der Waals surface area contributed by atoms with Crippen molar-refractivity contribution in [3.05, 3.63) is 0 Å². The van der Waals surface area contributed by atoms with Crippen molar-refractivity contribution in [1.82, 2.24) is 4.31 Å². The van der Waals surface area contributed by atoms with E-state index in [0.29, 0.717) is 6.42 Å². The number of hydrogen-bond acceptors (Lipinski definition) is 3. The molecule has 0 aromatic carbocycles. The summed E-state index contributed by atoms with van der Waals surface area (Å²) in [6, 6.07) is -0.307. The standard InChI is InChI=1S/C5H10F2N2O2S/c6-5(7)12(10,11)9-2-1-4(8)3-9/h4-5H,1-3,8H2/t4-/m0/s1. The second kappa shape index (κ2) is 3.23. The summed E-state index contributed by atoms with van der Waals surface area (Å²) >= 11 is 0. The molecule has 72 valence electrons. The maximum absolute atomic E-state index is 11.9. The van der Waals surface area contributed by atoms with E-state index in [1.807, 2.05) is 0 Å². The van der Waals surface area contributed by atoms with E-state index in [4.69, 9.17) is 5.73 Å². The number of rotatable bonds is 2. The lowest BCUT2D eigenvalue weighted by Crippen LogP contribution is -2.35. The average Bonchev–Trinajstić information content (AvgIpc) is 2.35. The number of alkyl halides is 2. The van der Waals surface area contributed by atoms with Crippen molar-refractivity contribution >= 4 is 10.0 Å². The largest absolute Gasteiger partial charge is 0.350 e. The maximum atomic E-state index is 11.9. The van der Waals surface area contributed by atoms with Gasteiger partial charge in [0.25, 0.3) is 10.0 Å². The van der Waals surface area contributed by atoms with Gasteiger partial charge in [-0.3, -0.25) is 0 Å². The van der Waals surface area contributed by atoms with E-state index in [-0.39, 0.29) is 19.1 Å². The summed E-state index contributed by atoms with van der Waals surface area (Å²) < 4.78 is 46.2. The molecule has 1 aliphatic heterocycles. The smallest absolute Gasteiger partial charge is 0.326 e. The molecule has 0 bridgehead atoms. The van der Waals surface area contributed by atoms with E-state index >= 15 is 0 Å². The van der Waals surface area contributed by atoms with Crippen LogP contribution in [0, 0.1) is 0 Å². The van der Waals surface area contributed by atoms with E-state index < -0.39 is 15.8 Å². The van der Waals surface area contributed by atoms with Gasteiger partial charge in [0.2, 0.25) is 0 Å². The van der Waals surface area contributed by atoms with Crippen molar-refractivity contribution in [3.8, 4) is 0 Å². The molecule has 0 spiro atoms. The summed E-state index contributed by atoms with van der Waals surface area (Å²) in [4.78, 5) is 0. The number of nitrogens with two attached hydrogens (primary N) is 1. The first kappa shape index (κ1) is 9.82. The molecule has 4 nitrogen and oxygen atoms in total. The highest BCUT2D eigenvalue weighted by Gasteiger charge is 2.36. The minimum atomic E-state index is -4.39. The summed E-state index contributed by atoms with van der Waals surface area (Å²) in [6.45, 7) is 0.112. The fourth-order valence-electron chi connectivity index (χ4n) is 1.10. The Morgan fingerprint density at radius 2 is 2.08 bits per heavy atom. The average molecular weight is 200 g/mol. The van der Waals surface area contributed by atoms with Crippen LogP contribution >= 0.6 is 0 Å². The highest BCUT2D eigenvalue weighted by Crippen LogP contribution is 2.17. The Kier molecular flexibility index (Phi) is 2.64. The van der Waals surface area contributed by atoms with Crippen LogP contribution in [0.5, 0.6) is 0 Å². The number of nitrogens with zero attached hydrogens (tertiary/aromatic N) is 1. The van der Waals surface area contributed by atoms with E-state index in [9.17, 15) is 17.2 Å². The van der Waals surface area contributed by atoms with Crippen LogP contribution in [0.25, 0.3) is 0 Å². The van der Waals surface area contributed by atoms with Crippen LogP contribution in [0.15, 0.2) is 0 Å². The lowest BCUT2D eigenvalue weighted by molar-refractivity contribution is 0.222. The van der Waals surface area contributed by atoms with Crippen molar-refractivity contribution in [2.75, 3.05) is 13.1 Å². The van der Waals surface area contributed by atoms with E-state index in [0.717, 1.165) is 4.31 Å². The minimum absolute atomic E-state index is 0.00662. The van der Waals surface area contributed by atoms with Gasteiger partial charge in [0.15, 0.2) is 0 Å². The molecular formula is C5H10F2N2O2S. The highest BCUT2D eigenvalue weighted by atomic mass is 32.2. The topological polar surface area (TPSA) is 63.4 Å². The molecule has 1 fully saturated rings. The SMILES string of the molecule is N[C@H]1CCN(S(=O)(=O)C(F)F)C1. The summed E-state index contributed by atoms with van der Waals surface area (Å²) in [7, 11) is -4.39. The van der Waals surface area contributed by atoms with Gasteiger partial charge in [0.1, 0.15) is 0 Å². The van der Waals surface area contributed by atoms with Gasteiger partial charge in [-0.15, -0.1) is 0 Å². The van der Waals surface area contributed by atoms with E-state index in [1.165, 1.54) is 0 Å². The Balaban J connectivity index is 2.71. The number of sulfonamides is 1. The van der Waals surface area contributed by atoms with Crippen molar-refractivity contribution in [2.24, 2.45) is 5.73 Å². The van der Waals surface area contributed by atoms with Crippen molar-refractivity contribution < 1.29 is 17.2 Å². The second-order valence-corrected chi connectivity index (χ2v) is 4.62. The van der Waals surface area contributed by atoms with Crippen LogP contribution in [-0.2, 0) is 10.0 Å². The molecule has 0 aromatic heterocycles. The fraction of sp³-hybridized carbons (Fsp3) is 1.00. The summed E-state index contributed by atoms with van der Waals surface area (Å²) in [5.41, 5.74) is 5.37. The van der Waals surface area contributed by atoms with Gasteiger partial charge in [-0.05, 0) is 6.42 Å². The van der Waals surface area contributed by atoms with Crippen LogP contribution in [-0.4, -0.2) is 37.6 Å². The van der Waals surface area contributed by atoms with Gasteiger partial charge in [0.05, 0.1) is 0 Å². The van der Waals surface area contributed by atoms with Crippen LogP contribution in [0.3, 0.4) is 0 Å². The van der Waals surface area contributed by atoms with Gasteiger partial charge in [0, 0.05) is 19.1 Å². The molecule has 0 aromatic rings. The summed E-state index contributed by atoms with van der Waals surface area (Å²) in [5, 5.41) is 0. The molecule has 7 heteroatoms. The monoisotopic (exact) mass is 200 g/mol. The summed E-state index contributed by atoms with van der Waals surface area (Å²) in [6.07, 6.45) is 0.450. The van der Waals surface area contributed by atoms with Crippen LogP contribution in [0.4, 0.5) is 8.78 Å². The Hall–Kier alpha value is -0.270. The van der Waals surface area contributed by atoms with Crippen LogP contribution in [0.2, 0.25) is 0 Å². The third-order valence-electron chi connectivity index (χ3n) is 1.77. The third-order valence-corrected chi connectivity index (χ3v) is 3.27. The molecule has 1 aliphatic rings. The highest BCUT2D eigenvalue weighted by molar-refractivity contribution is 7.89. The Bertz CT molecular complexity index is 254. The fourth-order valence-corrected chi connectivity index (χ4v) is 2.08. The van der Waals surface area contributed by atoms with E-state index in [1.54, 1.807) is 0 Å². The Labute approximate surface area is 69.4 Å². The first-order valence-electron chi connectivity index (χ1n) is 3.47. The first-order chi connectivity index (χ1) is 5.44. The number of halogens is 2. The van der Waals surface area contributed by atoms with Gasteiger partial charge < -0.3 is 5.73 Å². The Morgan fingerprint density at radius 3 is 2.42 bits per heavy atom. The molecule has 1 saturated heterocycles. The lowest BCUT2D eigenvalue weighted by Gasteiger charge is -2.14. The Morgan fingerprint density at radius 1 is 1.50 bits per heavy atom. The predicted molar refractivity (Wildman–Crippen MR) is 39.1 cm³/mol. The minimum Gasteiger partial charge on any atom is -0.326 e. The molecule has 0 aliphatic carbocycles. The maximum Gasteiger partial charge on any atom is 0.350 e. The molecule has 1 atom stereocenters. The zero-order chi connectivity index (χ0) is 9.35. The molecule has 12 heavy (non-hydrogen) atoms. The molecular weight excluding hydrogens is 190 g/mol. The lowest BCUT2D eigenvalue weighted by atomic mass is 10.3. The molecule has 0 unspecified atom stereocenters. The molecule has 1 rings (SSSR count). The van der Waals surface area contributed by atoms with Crippen molar-refractivity contribution in [2.45, 2.75) is 18.2 Å². The molecule has 0 amide bonds. The number of hydrogen-bond donors (Lipinski definition) is 1. The van der Waals surface area contributed by atoms with Crippen molar-refractivity contribution in [3.63, 3.8) is 0 Å². The van der Waals surface area contributed by atoms with Gasteiger partial charge in [-0.25, -0.2) is 8.42 Å².